The lowest BCUT2D eigenvalue weighted by molar-refractivity contribution is 0.365. The zero-order chi connectivity index (χ0) is 11.4. The van der Waals surface area contributed by atoms with Crippen LogP contribution in [0.3, 0.4) is 0 Å². The summed E-state index contributed by atoms with van der Waals surface area (Å²) in [6.07, 6.45) is 6.73. The standard InChI is InChI=1S/C12H17BrN2O/c13-11-5-3-8-15(12(11)16)9-6-10-4-1-2-7-14-10/h3,5,8,10,14H,1-2,4,6-7,9H2. The Morgan fingerprint density at radius 3 is 3.12 bits per heavy atom. The molecule has 1 aromatic heterocycles. The van der Waals surface area contributed by atoms with Gasteiger partial charge in [-0.15, -0.1) is 0 Å². The normalized spacial score (nSPS) is 20.9. The molecule has 1 N–H and O–H groups in total. The molecule has 1 aliphatic rings. The van der Waals surface area contributed by atoms with E-state index in [2.05, 4.69) is 21.2 Å². The number of aromatic nitrogens is 1. The molecule has 1 atom stereocenters. The van der Waals surface area contributed by atoms with E-state index in [1.807, 2.05) is 12.3 Å². The molecule has 1 unspecified atom stereocenters. The summed E-state index contributed by atoms with van der Waals surface area (Å²) in [6.45, 7) is 1.92. The lowest BCUT2D eigenvalue weighted by atomic mass is 10.0. The first-order chi connectivity index (χ1) is 7.77. The van der Waals surface area contributed by atoms with Crippen molar-refractivity contribution in [3.8, 4) is 0 Å². The predicted molar refractivity (Wildman–Crippen MR) is 68.7 cm³/mol. The smallest absolute Gasteiger partial charge is 0.264 e. The minimum Gasteiger partial charge on any atom is -0.315 e. The summed E-state index contributed by atoms with van der Waals surface area (Å²) in [5.74, 6) is 0. The number of halogens is 1. The van der Waals surface area contributed by atoms with Crippen LogP contribution < -0.4 is 10.9 Å². The van der Waals surface area contributed by atoms with E-state index in [4.69, 9.17) is 0 Å². The molecule has 4 heteroatoms. The van der Waals surface area contributed by atoms with E-state index in [0.29, 0.717) is 10.5 Å². The predicted octanol–water partition coefficient (Wildman–Crippen LogP) is 2.14. The van der Waals surface area contributed by atoms with Crippen LogP contribution in [0.4, 0.5) is 0 Å². The summed E-state index contributed by atoms with van der Waals surface area (Å²) in [7, 11) is 0. The quantitative estimate of drug-likeness (QED) is 0.923. The van der Waals surface area contributed by atoms with Crippen LogP contribution in [-0.2, 0) is 6.54 Å². The van der Waals surface area contributed by atoms with Gasteiger partial charge in [-0.3, -0.25) is 4.79 Å². The number of rotatable bonds is 3. The van der Waals surface area contributed by atoms with Gasteiger partial charge in [-0.05, 0) is 53.9 Å². The molecule has 0 spiro atoms. The molecule has 1 fully saturated rings. The third-order valence-electron chi connectivity index (χ3n) is 3.10. The molecular weight excluding hydrogens is 268 g/mol. The summed E-state index contributed by atoms with van der Waals surface area (Å²) in [5, 5.41) is 3.50. The first-order valence-corrected chi connectivity index (χ1v) is 6.65. The fraction of sp³-hybridized carbons (Fsp3) is 0.583. The molecule has 0 aromatic carbocycles. The molecule has 0 amide bonds. The topological polar surface area (TPSA) is 34.0 Å². The minimum absolute atomic E-state index is 0.0679. The van der Waals surface area contributed by atoms with Crippen molar-refractivity contribution in [1.82, 2.24) is 9.88 Å². The molecule has 0 radical (unpaired) electrons. The molecule has 1 aliphatic heterocycles. The number of hydrogen-bond donors (Lipinski definition) is 1. The summed E-state index contributed by atoms with van der Waals surface area (Å²) in [4.78, 5) is 11.7. The lowest BCUT2D eigenvalue weighted by Gasteiger charge is -2.23. The fourth-order valence-corrected chi connectivity index (χ4v) is 2.53. The van der Waals surface area contributed by atoms with Crippen molar-refractivity contribution in [2.45, 2.75) is 38.3 Å². The molecule has 0 saturated carbocycles. The van der Waals surface area contributed by atoms with Gasteiger partial charge in [-0.1, -0.05) is 6.42 Å². The Morgan fingerprint density at radius 2 is 2.38 bits per heavy atom. The molecule has 2 heterocycles. The molecule has 2 rings (SSSR count). The van der Waals surface area contributed by atoms with Crippen LogP contribution in [0, 0.1) is 0 Å². The number of nitrogens with zero attached hydrogens (tertiary/aromatic N) is 1. The highest BCUT2D eigenvalue weighted by Gasteiger charge is 2.12. The monoisotopic (exact) mass is 284 g/mol. The minimum atomic E-state index is 0.0679. The Hall–Kier alpha value is -0.610. The van der Waals surface area contributed by atoms with Gasteiger partial charge in [0, 0.05) is 18.8 Å². The Morgan fingerprint density at radius 1 is 1.50 bits per heavy atom. The van der Waals surface area contributed by atoms with Crippen molar-refractivity contribution in [1.29, 1.82) is 0 Å². The lowest BCUT2D eigenvalue weighted by Crippen LogP contribution is -2.35. The molecule has 88 valence electrons. The number of nitrogens with one attached hydrogen (secondary N) is 1. The van der Waals surface area contributed by atoms with E-state index in [1.165, 1.54) is 19.3 Å². The second-order valence-corrected chi connectivity index (χ2v) is 5.14. The highest BCUT2D eigenvalue weighted by Crippen LogP contribution is 2.10. The SMILES string of the molecule is O=c1c(Br)cccn1CCC1CCCCN1. The maximum atomic E-state index is 11.7. The first-order valence-electron chi connectivity index (χ1n) is 5.86. The number of hydrogen-bond acceptors (Lipinski definition) is 2. The summed E-state index contributed by atoms with van der Waals surface area (Å²) in [6, 6.07) is 4.27. The van der Waals surface area contributed by atoms with Gasteiger partial charge in [0.1, 0.15) is 0 Å². The van der Waals surface area contributed by atoms with Gasteiger partial charge in [-0.2, -0.15) is 0 Å². The largest absolute Gasteiger partial charge is 0.315 e. The van der Waals surface area contributed by atoms with Crippen LogP contribution in [0.1, 0.15) is 25.7 Å². The average Bonchev–Trinajstić information content (AvgIpc) is 2.32. The molecular formula is C12H17BrN2O. The van der Waals surface area contributed by atoms with Gasteiger partial charge < -0.3 is 9.88 Å². The second kappa shape index (κ2) is 5.64. The van der Waals surface area contributed by atoms with E-state index < -0.39 is 0 Å². The Kier molecular flexibility index (Phi) is 4.18. The van der Waals surface area contributed by atoms with Crippen LogP contribution in [0.2, 0.25) is 0 Å². The summed E-state index contributed by atoms with van der Waals surface area (Å²) < 4.78 is 2.42. The van der Waals surface area contributed by atoms with Crippen LogP contribution in [-0.4, -0.2) is 17.2 Å². The molecule has 1 aromatic rings. The second-order valence-electron chi connectivity index (χ2n) is 4.29. The van der Waals surface area contributed by atoms with Crippen molar-refractivity contribution in [3.05, 3.63) is 33.2 Å². The molecule has 0 bridgehead atoms. The summed E-state index contributed by atoms with van der Waals surface area (Å²) >= 11 is 3.26. The van der Waals surface area contributed by atoms with Crippen molar-refractivity contribution in [2.24, 2.45) is 0 Å². The Labute approximate surface area is 104 Å². The maximum absolute atomic E-state index is 11.7. The third-order valence-corrected chi connectivity index (χ3v) is 3.71. The number of pyridine rings is 1. The molecule has 0 aliphatic carbocycles. The highest BCUT2D eigenvalue weighted by atomic mass is 79.9. The molecule has 3 nitrogen and oxygen atoms in total. The third kappa shape index (κ3) is 2.95. The van der Waals surface area contributed by atoms with Crippen molar-refractivity contribution >= 4 is 15.9 Å². The van der Waals surface area contributed by atoms with E-state index in [1.54, 1.807) is 10.6 Å². The van der Waals surface area contributed by atoms with Gasteiger partial charge in [0.15, 0.2) is 0 Å². The first kappa shape index (κ1) is 11.9. The van der Waals surface area contributed by atoms with Crippen LogP contribution in [0.25, 0.3) is 0 Å². The van der Waals surface area contributed by atoms with Crippen LogP contribution >= 0.6 is 15.9 Å². The van der Waals surface area contributed by atoms with Gasteiger partial charge in [0.2, 0.25) is 0 Å². The van der Waals surface area contributed by atoms with E-state index >= 15 is 0 Å². The fourth-order valence-electron chi connectivity index (χ4n) is 2.15. The summed E-state index contributed by atoms with van der Waals surface area (Å²) in [5.41, 5.74) is 0.0679. The molecule has 1 saturated heterocycles. The molecule has 16 heavy (non-hydrogen) atoms. The zero-order valence-corrected chi connectivity index (χ0v) is 10.9. The van der Waals surface area contributed by atoms with Crippen LogP contribution in [0.15, 0.2) is 27.6 Å². The van der Waals surface area contributed by atoms with Crippen molar-refractivity contribution in [3.63, 3.8) is 0 Å². The number of aryl methyl sites for hydroxylation is 1. The Bertz CT molecular complexity index is 396. The van der Waals surface area contributed by atoms with Crippen LogP contribution in [0.5, 0.6) is 0 Å². The van der Waals surface area contributed by atoms with E-state index in [-0.39, 0.29) is 5.56 Å². The van der Waals surface area contributed by atoms with Gasteiger partial charge in [0.25, 0.3) is 5.56 Å². The maximum Gasteiger partial charge on any atom is 0.264 e. The van der Waals surface area contributed by atoms with E-state index in [9.17, 15) is 4.79 Å². The van der Waals surface area contributed by atoms with Gasteiger partial charge >= 0.3 is 0 Å². The zero-order valence-electron chi connectivity index (χ0n) is 9.29. The Balaban J connectivity index is 1.94. The van der Waals surface area contributed by atoms with Crippen molar-refractivity contribution in [2.75, 3.05) is 6.54 Å². The van der Waals surface area contributed by atoms with Gasteiger partial charge in [0.05, 0.1) is 4.47 Å². The van der Waals surface area contributed by atoms with Gasteiger partial charge in [-0.25, -0.2) is 0 Å². The number of piperidine rings is 1. The van der Waals surface area contributed by atoms with E-state index in [0.717, 1.165) is 19.5 Å². The average molecular weight is 285 g/mol. The van der Waals surface area contributed by atoms with Crippen molar-refractivity contribution < 1.29 is 0 Å². The highest BCUT2D eigenvalue weighted by molar-refractivity contribution is 9.10.